The minimum absolute atomic E-state index is 0.290. The first-order valence-corrected chi connectivity index (χ1v) is 7.85. The second kappa shape index (κ2) is 7.40. The molecule has 0 spiro atoms. The van der Waals surface area contributed by atoms with Crippen molar-refractivity contribution in [2.45, 2.75) is 18.7 Å². The Hall–Kier alpha value is -2.87. The summed E-state index contributed by atoms with van der Waals surface area (Å²) in [5, 5.41) is 9.95. The molecule has 2 rings (SSSR count). The van der Waals surface area contributed by atoms with Crippen LogP contribution in [-0.2, 0) is 15.1 Å². The van der Waals surface area contributed by atoms with Crippen LogP contribution in [0, 0.1) is 6.92 Å². The number of alkyl halides is 3. The number of aryl methyl sites for hydroxylation is 1. The van der Waals surface area contributed by atoms with Gasteiger partial charge in [-0.05, 0) is 31.2 Å². The summed E-state index contributed by atoms with van der Waals surface area (Å²) in [4.78, 5) is 25.3. The fourth-order valence-corrected chi connectivity index (χ4v) is 2.48. The van der Waals surface area contributed by atoms with E-state index >= 15 is 0 Å². The van der Waals surface area contributed by atoms with Gasteiger partial charge in [0, 0.05) is 23.9 Å². The van der Waals surface area contributed by atoms with Crippen LogP contribution in [0.25, 0.3) is 0 Å². The molecular formula is C19H18F3NO4. The molecule has 144 valence electrons. The van der Waals surface area contributed by atoms with Gasteiger partial charge in [0.25, 0.3) is 11.5 Å². The lowest BCUT2D eigenvalue weighted by molar-refractivity contribution is -0.266. The number of anilines is 1. The molecule has 0 bridgehead atoms. The highest BCUT2D eigenvalue weighted by molar-refractivity contribution is 6.05. The number of hydrogen-bond donors (Lipinski definition) is 1. The normalized spacial score (nSPS) is 13.6. The van der Waals surface area contributed by atoms with Gasteiger partial charge in [-0.15, -0.1) is 0 Å². The number of aliphatic hydroxyl groups is 1. The average molecular weight is 381 g/mol. The van der Waals surface area contributed by atoms with Crippen LogP contribution in [0.5, 0.6) is 0 Å². The van der Waals surface area contributed by atoms with Crippen LogP contribution in [0.3, 0.4) is 0 Å². The minimum atomic E-state index is -5.27. The number of carbonyl (C=O) groups is 2. The molecule has 5 nitrogen and oxygen atoms in total. The first-order chi connectivity index (χ1) is 12.5. The smallest absolute Gasteiger partial charge is 0.432 e. The molecule has 0 aliphatic heterocycles. The van der Waals surface area contributed by atoms with Crippen molar-refractivity contribution in [1.82, 2.24) is 0 Å². The van der Waals surface area contributed by atoms with Crippen molar-refractivity contribution in [2.24, 2.45) is 0 Å². The maximum atomic E-state index is 13.3. The van der Waals surface area contributed by atoms with E-state index in [1.54, 1.807) is 24.3 Å². The van der Waals surface area contributed by atoms with E-state index in [0.717, 1.165) is 24.8 Å². The predicted octanol–water partition coefficient (Wildman–Crippen LogP) is 3.19. The Labute approximate surface area is 154 Å². The van der Waals surface area contributed by atoms with Crippen LogP contribution < -0.4 is 4.90 Å². The van der Waals surface area contributed by atoms with Crippen LogP contribution in [0.2, 0.25) is 0 Å². The van der Waals surface area contributed by atoms with E-state index in [-0.39, 0.29) is 5.91 Å². The van der Waals surface area contributed by atoms with Crippen LogP contribution in [0.15, 0.2) is 48.5 Å². The number of carbonyl (C=O) groups excluding carboxylic acids is 2. The lowest BCUT2D eigenvalue weighted by atomic mass is 9.93. The maximum Gasteiger partial charge on any atom is 0.432 e. The van der Waals surface area contributed by atoms with Crippen molar-refractivity contribution in [1.29, 1.82) is 0 Å². The van der Waals surface area contributed by atoms with Gasteiger partial charge in [-0.1, -0.05) is 29.8 Å². The van der Waals surface area contributed by atoms with E-state index in [0.29, 0.717) is 11.3 Å². The summed E-state index contributed by atoms with van der Waals surface area (Å²) >= 11 is 0. The molecule has 1 N–H and O–H groups in total. The lowest BCUT2D eigenvalue weighted by Gasteiger charge is -2.28. The zero-order chi connectivity index (χ0) is 20.4. The first kappa shape index (κ1) is 20.4. The molecule has 1 unspecified atom stereocenters. The number of nitrogens with zero attached hydrogens (tertiary/aromatic N) is 1. The molecule has 1 amide bonds. The number of benzene rings is 2. The molecule has 0 aromatic heterocycles. The van der Waals surface area contributed by atoms with E-state index in [9.17, 15) is 27.9 Å². The SMILES string of the molecule is COC(=O)C(O)(c1ccc(N(C)C(=O)c2ccc(C)cc2)cc1)C(F)(F)F. The molecule has 1 atom stereocenters. The molecule has 0 heterocycles. The van der Waals surface area contributed by atoms with Crippen molar-refractivity contribution < 1.29 is 32.6 Å². The van der Waals surface area contributed by atoms with Gasteiger partial charge < -0.3 is 14.7 Å². The van der Waals surface area contributed by atoms with Crippen LogP contribution in [-0.4, -0.2) is 37.3 Å². The molecule has 0 fully saturated rings. The Kier molecular flexibility index (Phi) is 5.60. The van der Waals surface area contributed by atoms with E-state index < -0.39 is 23.3 Å². The summed E-state index contributed by atoms with van der Waals surface area (Å²) in [5.41, 5.74) is -2.82. The van der Waals surface area contributed by atoms with Gasteiger partial charge in [-0.3, -0.25) is 4.79 Å². The number of halogens is 3. The van der Waals surface area contributed by atoms with E-state index in [2.05, 4.69) is 4.74 Å². The summed E-state index contributed by atoms with van der Waals surface area (Å²) in [5.74, 6) is -2.20. The highest BCUT2D eigenvalue weighted by Gasteiger charge is 2.62. The number of rotatable bonds is 4. The molecule has 2 aromatic rings. The van der Waals surface area contributed by atoms with Crippen LogP contribution in [0.4, 0.5) is 18.9 Å². The quantitative estimate of drug-likeness (QED) is 0.826. The summed E-state index contributed by atoms with van der Waals surface area (Å²) < 4.78 is 43.9. The second-order valence-electron chi connectivity index (χ2n) is 5.98. The topological polar surface area (TPSA) is 66.8 Å². The van der Waals surface area contributed by atoms with Gasteiger partial charge in [0.15, 0.2) is 0 Å². The number of amides is 1. The fourth-order valence-electron chi connectivity index (χ4n) is 2.48. The molecule has 0 saturated heterocycles. The van der Waals surface area contributed by atoms with Crippen molar-refractivity contribution in [3.63, 3.8) is 0 Å². The largest absolute Gasteiger partial charge is 0.466 e. The van der Waals surface area contributed by atoms with E-state index in [1.165, 1.54) is 24.1 Å². The summed E-state index contributed by atoms with van der Waals surface area (Å²) in [6.45, 7) is 1.87. The molecule has 8 heteroatoms. The van der Waals surface area contributed by atoms with Gasteiger partial charge in [0.2, 0.25) is 0 Å². The zero-order valence-electron chi connectivity index (χ0n) is 14.9. The Morgan fingerprint density at radius 3 is 1.96 bits per heavy atom. The average Bonchev–Trinajstić information content (AvgIpc) is 2.65. The monoisotopic (exact) mass is 381 g/mol. The number of ether oxygens (including phenoxy) is 1. The van der Waals surface area contributed by atoms with Crippen molar-refractivity contribution in [3.05, 3.63) is 65.2 Å². The van der Waals surface area contributed by atoms with Gasteiger partial charge in [0.05, 0.1) is 7.11 Å². The highest BCUT2D eigenvalue weighted by Crippen LogP contribution is 2.40. The van der Waals surface area contributed by atoms with Gasteiger partial charge >= 0.3 is 12.1 Å². The highest BCUT2D eigenvalue weighted by atomic mass is 19.4. The summed E-state index contributed by atoms with van der Waals surface area (Å²) in [6.07, 6.45) is -5.27. The second-order valence-corrected chi connectivity index (χ2v) is 5.98. The number of esters is 1. The predicted molar refractivity (Wildman–Crippen MR) is 92.3 cm³/mol. The van der Waals surface area contributed by atoms with E-state index in [4.69, 9.17) is 0 Å². The zero-order valence-corrected chi connectivity index (χ0v) is 14.9. The van der Waals surface area contributed by atoms with Gasteiger partial charge in [-0.25, -0.2) is 4.79 Å². The third-order valence-corrected chi connectivity index (χ3v) is 4.17. The third-order valence-electron chi connectivity index (χ3n) is 4.17. The Morgan fingerprint density at radius 2 is 1.52 bits per heavy atom. The van der Waals surface area contributed by atoms with Crippen LogP contribution >= 0.6 is 0 Å². The Morgan fingerprint density at radius 1 is 1.00 bits per heavy atom. The number of hydrogen-bond acceptors (Lipinski definition) is 4. The van der Waals surface area contributed by atoms with E-state index in [1.807, 2.05) is 6.92 Å². The van der Waals surface area contributed by atoms with Crippen molar-refractivity contribution in [3.8, 4) is 0 Å². The molecule has 0 aliphatic carbocycles. The summed E-state index contributed by atoms with van der Waals surface area (Å²) in [6, 6.07) is 11.1. The third kappa shape index (κ3) is 3.80. The number of methoxy groups -OCH3 is 1. The molecule has 2 aromatic carbocycles. The lowest BCUT2D eigenvalue weighted by Crippen LogP contribution is -2.49. The van der Waals surface area contributed by atoms with Crippen LogP contribution in [0.1, 0.15) is 21.5 Å². The minimum Gasteiger partial charge on any atom is -0.466 e. The Balaban J connectivity index is 2.34. The molecule has 27 heavy (non-hydrogen) atoms. The molecule has 0 aliphatic rings. The standard InChI is InChI=1S/C19H18F3NO4/c1-12-4-6-13(7-5-12)16(24)23(2)15-10-8-14(9-11-15)18(26,17(25)27-3)19(20,21)22/h4-11,26H,1-3H3. The van der Waals surface area contributed by atoms with Gasteiger partial charge in [0.1, 0.15) is 0 Å². The van der Waals surface area contributed by atoms with Crippen molar-refractivity contribution in [2.75, 3.05) is 19.1 Å². The Bertz CT molecular complexity index is 832. The van der Waals surface area contributed by atoms with Gasteiger partial charge in [-0.2, -0.15) is 13.2 Å². The molecule has 0 saturated carbocycles. The summed E-state index contributed by atoms with van der Waals surface area (Å²) in [7, 11) is 2.22. The van der Waals surface area contributed by atoms with Crippen molar-refractivity contribution >= 4 is 17.6 Å². The maximum absolute atomic E-state index is 13.3. The molecule has 0 radical (unpaired) electrons. The fraction of sp³-hybridized carbons (Fsp3) is 0.263. The first-order valence-electron chi connectivity index (χ1n) is 7.85. The molecular weight excluding hydrogens is 363 g/mol.